The third kappa shape index (κ3) is 1.91. The lowest BCUT2D eigenvalue weighted by molar-refractivity contribution is 0.322. The second-order valence-corrected chi connectivity index (χ2v) is 6.83. The van der Waals surface area contributed by atoms with Crippen molar-refractivity contribution in [3.8, 4) is 0 Å². The Hall–Kier alpha value is -0.820. The Morgan fingerprint density at radius 3 is 2.53 bits per heavy atom. The summed E-state index contributed by atoms with van der Waals surface area (Å²) in [5.74, 6) is 2.53. The van der Waals surface area contributed by atoms with Crippen LogP contribution in [-0.2, 0) is 0 Å². The van der Waals surface area contributed by atoms with E-state index < -0.39 is 0 Å². The van der Waals surface area contributed by atoms with Crippen LogP contribution in [0.1, 0.15) is 32.9 Å². The monoisotopic (exact) mass is 247 g/mol. The highest BCUT2D eigenvalue weighted by Gasteiger charge is 2.57. The molecule has 2 aliphatic carbocycles. The normalized spacial score (nSPS) is 31.1. The highest BCUT2D eigenvalue weighted by molar-refractivity contribution is 6.30. The lowest BCUT2D eigenvalue weighted by Crippen LogP contribution is -2.11. The Morgan fingerprint density at radius 1 is 1.29 bits per heavy atom. The molecule has 0 saturated heterocycles. The molecule has 3 unspecified atom stereocenters. The van der Waals surface area contributed by atoms with E-state index >= 15 is 0 Å². The smallest absolute Gasteiger partial charge is 0.0659 e. The molecule has 0 amide bonds. The van der Waals surface area contributed by atoms with Gasteiger partial charge in [0.05, 0.1) is 10.7 Å². The molecule has 0 bridgehead atoms. The third-order valence-corrected chi connectivity index (χ3v) is 4.36. The van der Waals surface area contributed by atoms with E-state index in [1.807, 2.05) is 12.1 Å². The molecule has 2 heteroatoms. The van der Waals surface area contributed by atoms with Gasteiger partial charge in [-0.3, -0.25) is 4.98 Å². The summed E-state index contributed by atoms with van der Waals surface area (Å²) in [6, 6.07) is 3.96. The highest BCUT2D eigenvalue weighted by atomic mass is 35.5. The molecule has 1 aromatic heterocycles. The van der Waals surface area contributed by atoms with E-state index in [-0.39, 0.29) is 0 Å². The number of rotatable bonds is 1. The molecule has 3 rings (SSSR count). The first-order chi connectivity index (χ1) is 7.97. The molecular weight excluding hydrogens is 230 g/mol. The summed E-state index contributed by atoms with van der Waals surface area (Å²) in [6.45, 7) is 7.05. The van der Waals surface area contributed by atoms with Crippen molar-refractivity contribution in [3.05, 3.63) is 35.1 Å². The van der Waals surface area contributed by atoms with Gasteiger partial charge in [0.25, 0.3) is 0 Å². The quantitative estimate of drug-likeness (QED) is 0.715. The van der Waals surface area contributed by atoms with Crippen molar-refractivity contribution in [3.63, 3.8) is 0 Å². The van der Waals surface area contributed by atoms with Crippen LogP contribution in [0, 0.1) is 23.2 Å². The minimum Gasteiger partial charge on any atom is -0.255 e. The average Bonchev–Trinajstić information content (AvgIpc) is 2.78. The first kappa shape index (κ1) is 11.3. The first-order valence-corrected chi connectivity index (χ1v) is 6.67. The second kappa shape index (κ2) is 3.58. The summed E-state index contributed by atoms with van der Waals surface area (Å²) in [4.78, 5) is 4.40. The Bertz CT molecular complexity index is 467. The summed E-state index contributed by atoms with van der Waals surface area (Å²) in [5, 5.41) is 0.713. The van der Waals surface area contributed by atoms with Crippen molar-refractivity contribution in [2.24, 2.45) is 23.2 Å². The SMILES string of the molecule is CC(C)(C)C1C2C=C(c3ccc(Cl)cn3)CC21. The van der Waals surface area contributed by atoms with Crippen molar-refractivity contribution in [1.82, 2.24) is 4.98 Å². The van der Waals surface area contributed by atoms with Crippen molar-refractivity contribution in [1.29, 1.82) is 0 Å². The average molecular weight is 248 g/mol. The Kier molecular flexibility index (Phi) is 2.38. The summed E-state index contributed by atoms with van der Waals surface area (Å²) < 4.78 is 0. The minimum absolute atomic E-state index is 0.449. The van der Waals surface area contributed by atoms with Crippen LogP contribution in [0.15, 0.2) is 24.4 Å². The molecule has 0 aromatic carbocycles. The van der Waals surface area contributed by atoms with Gasteiger partial charge in [-0.1, -0.05) is 38.4 Å². The van der Waals surface area contributed by atoms with Gasteiger partial charge in [0, 0.05) is 6.20 Å². The first-order valence-electron chi connectivity index (χ1n) is 6.29. The molecule has 0 radical (unpaired) electrons. The van der Waals surface area contributed by atoms with Gasteiger partial charge in [-0.2, -0.15) is 0 Å². The second-order valence-electron chi connectivity index (χ2n) is 6.39. The van der Waals surface area contributed by atoms with E-state index in [9.17, 15) is 0 Å². The molecule has 1 nitrogen and oxygen atoms in total. The van der Waals surface area contributed by atoms with Crippen molar-refractivity contribution < 1.29 is 0 Å². The third-order valence-electron chi connectivity index (χ3n) is 4.14. The van der Waals surface area contributed by atoms with E-state index in [2.05, 4.69) is 31.8 Å². The zero-order chi connectivity index (χ0) is 12.2. The van der Waals surface area contributed by atoms with Gasteiger partial charge in [0.15, 0.2) is 0 Å². The summed E-state index contributed by atoms with van der Waals surface area (Å²) in [7, 11) is 0. The molecule has 1 heterocycles. The standard InChI is InChI=1S/C15H18ClN/c1-15(2,3)14-11-6-9(7-12(11)14)13-5-4-10(16)8-17-13/h4-6,8,11-12,14H,7H2,1-3H3. The molecule has 3 atom stereocenters. The van der Waals surface area contributed by atoms with Crippen molar-refractivity contribution >= 4 is 17.2 Å². The topological polar surface area (TPSA) is 12.9 Å². The van der Waals surface area contributed by atoms with Gasteiger partial charge in [0.1, 0.15) is 0 Å². The molecule has 2 aliphatic rings. The van der Waals surface area contributed by atoms with E-state index in [4.69, 9.17) is 11.6 Å². The van der Waals surface area contributed by atoms with Gasteiger partial charge in [-0.15, -0.1) is 0 Å². The predicted octanol–water partition coefficient (Wildman–Crippen LogP) is 4.43. The minimum atomic E-state index is 0.449. The summed E-state index contributed by atoms with van der Waals surface area (Å²) in [6.07, 6.45) is 5.38. The van der Waals surface area contributed by atoms with E-state index in [0.717, 1.165) is 23.4 Å². The Balaban J connectivity index is 1.78. The zero-order valence-electron chi connectivity index (χ0n) is 10.6. The largest absolute Gasteiger partial charge is 0.255 e. The number of nitrogens with zero attached hydrogens (tertiary/aromatic N) is 1. The fourth-order valence-corrected chi connectivity index (χ4v) is 3.53. The van der Waals surface area contributed by atoms with Gasteiger partial charge >= 0.3 is 0 Å². The fourth-order valence-electron chi connectivity index (χ4n) is 3.42. The molecular formula is C15H18ClN. The van der Waals surface area contributed by atoms with Crippen molar-refractivity contribution in [2.75, 3.05) is 0 Å². The zero-order valence-corrected chi connectivity index (χ0v) is 11.3. The van der Waals surface area contributed by atoms with Gasteiger partial charge in [0.2, 0.25) is 0 Å². The maximum Gasteiger partial charge on any atom is 0.0659 e. The van der Waals surface area contributed by atoms with Crippen LogP contribution in [0.3, 0.4) is 0 Å². The van der Waals surface area contributed by atoms with Crippen LogP contribution >= 0.6 is 11.6 Å². The molecule has 0 aliphatic heterocycles. The van der Waals surface area contributed by atoms with Crippen LogP contribution < -0.4 is 0 Å². The van der Waals surface area contributed by atoms with Crippen LogP contribution in [0.5, 0.6) is 0 Å². The van der Waals surface area contributed by atoms with Crippen LogP contribution in [-0.4, -0.2) is 4.98 Å². The number of hydrogen-bond acceptors (Lipinski definition) is 1. The number of halogens is 1. The van der Waals surface area contributed by atoms with Gasteiger partial charge < -0.3 is 0 Å². The number of pyridine rings is 1. The summed E-state index contributed by atoms with van der Waals surface area (Å²) >= 11 is 5.86. The Labute approximate surface area is 108 Å². The fraction of sp³-hybridized carbons (Fsp3) is 0.533. The molecule has 1 saturated carbocycles. The van der Waals surface area contributed by atoms with E-state index in [1.54, 1.807) is 6.20 Å². The number of hydrogen-bond donors (Lipinski definition) is 0. The maximum absolute atomic E-state index is 5.86. The Morgan fingerprint density at radius 2 is 2.06 bits per heavy atom. The van der Waals surface area contributed by atoms with E-state index in [1.165, 1.54) is 12.0 Å². The van der Waals surface area contributed by atoms with Crippen molar-refractivity contribution in [2.45, 2.75) is 27.2 Å². The van der Waals surface area contributed by atoms with Gasteiger partial charge in [-0.05, 0) is 47.3 Å². The summed E-state index contributed by atoms with van der Waals surface area (Å²) in [5.41, 5.74) is 2.97. The maximum atomic E-state index is 5.86. The van der Waals surface area contributed by atoms with E-state index in [0.29, 0.717) is 10.4 Å². The lowest BCUT2D eigenvalue weighted by Gasteiger charge is -2.20. The van der Waals surface area contributed by atoms with Crippen LogP contribution in [0.2, 0.25) is 5.02 Å². The predicted molar refractivity (Wildman–Crippen MR) is 71.8 cm³/mol. The lowest BCUT2D eigenvalue weighted by atomic mass is 9.85. The van der Waals surface area contributed by atoms with Crippen LogP contribution in [0.4, 0.5) is 0 Å². The molecule has 90 valence electrons. The van der Waals surface area contributed by atoms with Crippen LogP contribution in [0.25, 0.3) is 5.57 Å². The molecule has 17 heavy (non-hydrogen) atoms. The molecule has 0 N–H and O–H groups in total. The number of fused-ring (bicyclic) bond motifs is 1. The molecule has 1 aromatic rings. The number of allylic oxidation sites excluding steroid dienone is 2. The highest BCUT2D eigenvalue weighted by Crippen LogP contribution is 2.64. The van der Waals surface area contributed by atoms with Gasteiger partial charge in [-0.25, -0.2) is 0 Å². The molecule has 0 spiro atoms. The molecule has 1 fully saturated rings. The number of aromatic nitrogens is 1.